The maximum atomic E-state index is 11.7. The maximum Gasteiger partial charge on any atom is 0.387 e. The summed E-state index contributed by atoms with van der Waals surface area (Å²) < 4.78 is 27.6. The van der Waals surface area contributed by atoms with E-state index in [4.69, 9.17) is 5.41 Å². The van der Waals surface area contributed by atoms with Crippen LogP contribution in [-0.2, 0) is 0 Å². The van der Waals surface area contributed by atoms with E-state index >= 15 is 0 Å². The molecular formula is C8H7F2N2O. The molecule has 0 atom stereocenters. The molecule has 0 aliphatic rings. The minimum atomic E-state index is -2.83. The first kappa shape index (κ1) is 9.44. The van der Waals surface area contributed by atoms with E-state index < -0.39 is 6.61 Å². The van der Waals surface area contributed by atoms with Crippen molar-refractivity contribution in [2.75, 3.05) is 5.32 Å². The van der Waals surface area contributed by atoms with E-state index in [2.05, 4.69) is 10.1 Å². The molecule has 0 unspecified atom stereocenters. The van der Waals surface area contributed by atoms with Crippen molar-refractivity contribution in [1.29, 1.82) is 5.41 Å². The van der Waals surface area contributed by atoms with Gasteiger partial charge < -0.3 is 10.1 Å². The van der Waals surface area contributed by atoms with Gasteiger partial charge in [0.2, 0.25) is 0 Å². The van der Waals surface area contributed by atoms with Crippen LogP contribution < -0.4 is 10.1 Å². The van der Waals surface area contributed by atoms with Gasteiger partial charge in [0.15, 0.2) is 6.34 Å². The lowest BCUT2D eigenvalue weighted by Gasteiger charge is -2.05. The van der Waals surface area contributed by atoms with E-state index in [1.165, 1.54) is 18.2 Å². The second-order valence-corrected chi connectivity index (χ2v) is 2.16. The fourth-order valence-corrected chi connectivity index (χ4v) is 0.822. The number of hydrogen-bond donors (Lipinski definition) is 2. The summed E-state index contributed by atoms with van der Waals surface area (Å²) in [4.78, 5) is 0. The summed E-state index contributed by atoms with van der Waals surface area (Å²) in [5, 5.41) is 9.02. The lowest BCUT2D eigenvalue weighted by Crippen LogP contribution is -2.02. The SMILES string of the molecule is N=[C]Nc1cccc(OC(F)F)c1. The Morgan fingerprint density at radius 1 is 1.46 bits per heavy atom. The number of benzene rings is 1. The van der Waals surface area contributed by atoms with Gasteiger partial charge in [-0.3, -0.25) is 5.41 Å². The van der Waals surface area contributed by atoms with Crippen molar-refractivity contribution in [3.8, 4) is 5.75 Å². The Morgan fingerprint density at radius 2 is 2.23 bits per heavy atom. The van der Waals surface area contributed by atoms with Gasteiger partial charge in [0, 0.05) is 11.8 Å². The van der Waals surface area contributed by atoms with E-state index in [0.29, 0.717) is 5.69 Å². The number of rotatable bonds is 4. The monoisotopic (exact) mass is 185 g/mol. The molecule has 69 valence electrons. The molecule has 5 heteroatoms. The van der Waals surface area contributed by atoms with Crippen molar-refractivity contribution in [3.05, 3.63) is 24.3 Å². The van der Waals surface area contributed by atoms with Crippen molar-refractivity contribution < 1.29 is 13.5 Å². The van der Waals surface area contributed by atoms with Crippen LogP contribution in [0.5, 0.6) is 5.75 Å². The molecule has 1 aromatic rings. The number of ether oxygens (including phenoxy) is 1. The zero-order valence-corrected chi connectivity index (χ0v) is 6.55. The first-order valence-electron chi connectivity index (χ1n) is 3.45. The summed E-state index contributed by atoms with van der Waals surface area (Å²) in [5.41, 5.74) is 0.480. The minimum Gasteiger partial charge on any atom is -0.435 e. The van der Waals surface area contributed by atoms with Crippen molar-refractivity contribution in [1.82, 2.24) is 0 Å². The molecule has 0 aliphatic carbocycles. The van der Waals surface area contributed by atoms with Crippen molar-refractivity contribution >= 4 is 12.0 Å². The van der Waals surface area contributed by atoms with Crippen LogP contribution >= 0.6 is 0 Å². The Hall–Kier alpha value is -1.65. The maximum absolute atomic E-state index is 11.7. The quantitative estimate of drug-likeness (QED) is 0.429. The largest absolute Gasteiger partial charge is 0.435 e. The highest BCUT2D eigenvalue weighted by molar-refractivity contribution is 5.73. The first-order chi connectivity index (χ1) is 6.22. The topological polar surface area (TPSA) is 45.1 Å². The van der Waals surface area contributed by atoms with Crippen LogP contribution in [-0.4, -0.2) is 13.0 Å². The highest BCUT2D eigenvalue weighted by atomic mass is 19.3. The zero-order chi connectivity index (χ0) is 9.68. The summed E-state index contributed by atoms with van der Waals surface area (Å²) in [5.74, 6) is 0.0512. The Balaban J connectivity index is 2.72. The van der Waals surface area contributed by atoms with Gasteiger partial charge in [0.1, 0.15) is 5.75 Å². The average molecular weight is 185 g/mol. The van der Waals surface area contributed by atoms with Crippen LogP contribution in [0.4, 0.5) is 14.5 Å². The Kier molecular flexibility index (Phi) is 3.19. The molecular weight excluding hydrogens is 178 g/mol. The van der Waals surface area contributed by atoms with Gasteiger partial charge in [-0.1, -0.05) is 6.07 Å². The van der Waals surface area contributed by atoms with Gasteiger partial charge in [-0.2, -0.15) is 8.78 Å². The Morgan fingerprint density at radius 3 is 2.85 bits per heavy atom. The molecule has 1 radical (unpaired) electrons. The molecule has 0 fully saturated rings. The van der Waals surface area contributed by atoms with Crippen LogP contribution in [0.2, 0.25) is 0 Å². The van der Waals surface area contributed by atoms with Crippen LogP contribution in [0, 0.1) is 5.41 Å². The van der Waals surface area contributed by atoms with Crippen LogP contribution in [0.15, 0.2) is 24.3 Å². The molecule has 1 aromatic carbocycles. The van der Waals surface area contributed by atoms with Gasteiger partial charge in [-0.25, -0.2) is 0 Å². The molecule has 0 aromatic heterocycles. The van der Waals surface area contributed by atoms with Gasteiger partial charge >= 0.3 is 6.61 Å². The fraction of sp³-hybridized carbons (Fsp3) is 0.125. The smallest absolute Gasteiger partial charge is 0.387 e. The lowest BCUT2D eigenvalue weighted by atomic mass is 10.3. The molecule has 0 amide bonds. The van der Waals surface area contributed by atoms with Crippen LogP contribution in [0.25, 0.3) is 0 Å². The molecule has 3 nitrogen and oxygen atoms in total. The summed E-state index contributed by atoms with van der Waals surface area (Å²) in [7, 11) is 0. The number of hydrogen-bond acceptors (Lipinski definition) is 2. The second kappa shape index (κ2) is 4.39. The van der Waals surface area contributed by atoms with Crippen molar-refractivity contribution in [2.45, 2.75) is 6.61 Å². The predicted molar refractivity (Wildman–Crippen MR) is 44.4 cm³/mol. The van der Waals surface area contributed by atoms with E-state index in [9.17, 15) is 8.78 Å². The molecule has 1 rings (SSSR count). The number of alkyl halides is 2. The van der Waals surface area contributed by atoms with E-state index in [1.54, 1.807) is 6.07 Å². The summed E-state index contributed by atoms with van der Waals surface area (Å²) in [6.45, 7) is -2.83. The number of nitrogens with one attached hydrogen (secondary N) is 2. The fourth-order valence-electron chi connectivity index (χ4n) is 0.822. The zero-order valence-electron chi connectivity index (χ0n) is 6.55. The van der Waals surface area contributed by atoms with Gasteiger partial charge in [0.05, 0.1) is 0 Å². The minimum absolute atomic E-state index is 0.0512. The average Bonchev–Trinajstić information content (AvgIpc) is 2.04. The number of halogens is 2. The van der Waals surface area contributed by atoms with E-state index in [0.717, 1.165) is 0 Å². The summed E-state index contributed by atoms with van der Waals surface area (Å²) in [6.07, 6.45) is 1.92. The van der Waals surface area contributed by atoms with E-state index in [1.807, 2.05) is 6.34 Å². The third kappa shape index (κ3) is 3.06. The standard InChI is InChI=1S/C8H7F2N2O/c9-8(10)13-7-3-1-2-6(4-7)12-5-11/h1-4,8H,(H2,11,12). The summed E-state index contributed by atoms with van der Waals surface area (Å²) in [6, 6.07) is 5.91. The van der Waals surface area contributed by atoms with Crippen molar-refractivity contribution in [3.63, 3.8) is 0 Å². The predicted octanol–water partition coefficient (Wildman–Crippen LogP) is 2.18. The van der Waals surface area contributed by atoms with Gasteiger partial charge in [-0.05, 0) is 12.1 Å². The first-order valence-corrected chi connectivity index (χ1v) is 3.45. The second-order valence-electron chi connectivity index (χ2n) is 2.16. The third-order valence-corrected chi connectivity index (χ3v) is 1.27. The molecule has 0 saturated carbocycles. The Bertz CT molecular complexity index is 291. The molecule has 13 heavy (non-hydrogen) atoms. The lowest BCUT2D eigenvalue weighted by molar-refractivity contribution is -0.0497. The third-order valence-electron chi connectivity index (χ3n) is 1.27. The molecule has 0 heterocycles. The molecule has 0 saturated heterocycles. The highest BCUT2D eigenvalue weighted by Gasteiger charge is 2.03. The Labute approximate surface area is 73.8 Å². The molecule has 0 aliphatic heterocycles. The molecule has 0 spiro atoms. The number of anilines is 1. The van der Waals surface area contributed by atoms with Gasteiger partial charge in [0.25, 0.3) is 0 Å². The van der Waals surface area contributed by atoms with Crippen LogP contribution in [0.1, 0.15) is 0 Å². The van der Waals surface area contributed by atoms with Crippen molar-refractivity contribution in [2.24, 2.45) is 0 Å². The normalized spacial score (nSPS) is 9.77. The highest BCUT2D eigenvalue weighted by Crippen LogP contribution is 2.18. The van der Waals surface area contributed by atoms with Crippen LogP contribution in [0.3, 0.4) is 0 Å². The molecule has 2 N–H and O–H groups in total. The van der Waals surface area contributed by atoms with E-state index in [-0.39, 0.29) is 5.75 Å². The molecule has 0 bridgehead atoms. The van der Waals surface area contributed by atoms with Gasteiger partial charge in [-0.15, -0.1) is 0 Å². The summed E-state index contributed by atoms with van der Waals surface area (Å²) >= 11 is 0.